The van der Waals surface area contributed by atoms with Crippen molar-refractivity contribution in [2.24, 2.45) is 5.73 Å². The molecule has 2 aliphatic heterocycles. The van der Waals surface area contributed by atoms with E-state index in [1.807, 2.05) is 11.8 Å². The summed E-state index contributed by atoms with van der Waals surface area (Å²) in [6, 6.07) is 11.8. The number of unbranched alkanes of at least 4 members (excludes halogenated alkanes) is 1. The summed E-state index contributed by atoms with van der Waals surface area (Å²) in [5.74, 6) is -0.360. The number of ether oxygens (including phenoxy) is 3. The standard InChI is InChI=1S/C45H60ClN11O9S/c1-2-37(58)53-33-10-3-4-11-34(33)54-43-32(46)27-50-44(57-43)52-31-25-29(42(47)62)24-30(26-31)51-40(61)15-7-14-39(60)49-17-9-19-65-21-23-66-22-20-64-18-8-16-48-38(59)13-6-5-12-36-41-35(28-67-36)55-45(63)56-41/h2-4,10-11,24-27,35-36,41H,1,5-9,12-23,28H2,(H2,47,62)(H,48,59)(H,49,60)(H,51,61)(H,53,58)(H2,55,56,63)(H2,50,52,54,57)/t35-,36-,41-/m0/s1. The first-order valence-corrected chi connectivity index (χ1v) is 23.7. The molecule has 0 spiro atoms. The molecule has 3 atom stereocenters. The third-order valence-electron chi connectivity index (χ3n) is 10.3. The van der Waals surface area contributed by atoms with Crippen molar-refractivity contribution >= 4 is 93.4 Å². The number of urea groups is 1. The maximum Gasteiger partial charge on any atom is 0.315 e. The molecule has 5 rings (SSSR count). The van der Waals surface area contributed by atoms with Crippen molar-refractivity contribution in [3.63, 3.8) is 0 Å². The van der Waals surface area contributed by atoms with Crippen LogP contribution in [0, 0.1) is 0 Å². The summed E-state index contributed by atoms with van der Waals surface area (Å²) >= 11 is 8.26. The number of anilines is 6. The molecular weight excluding hydrogens is 906 g/mol. The van der Waals surface area contributed by atoms with Gasteiger partial charge in [0.05, 0.1) is 56.1 Å². The molecule has 2 aliphatic rings. The molecule has 2 fully saturated rings. The summed E-state index contributed by atoms with van der Waals surface area (Å²) < 4.78 is 16.7. The summed E-state index contributed by atoms with van der Waals surface area (Å²) in [6.07, 6.45) is 7.62. The molecule has 3 aromatic rings. The van der Waals surface area contributed by atoms with E-state index in [1.54, 1.807) is 30.3 Å². The molecule has 7 amide bonds. The molecule has 0 bridgehead atoms. The highest BCUT2D eigenvalue weighted by Gasteiger charge is 2.42. The number of carbonyl (C=O) groups excluding carboxylic acids is 6. The van der Waals surface area contributed by atoms with Crippen LogP contribution in [0.4, 0.5) is 39.3 Å². The van der Waals surface area contributed by atoms with E-state index in [9.17, 15) is 28.8 Å². The Morgan fingerprint density at radius 2 is 1.43 bits per heavy atom. The average molecular weight is 967 g/mol. The highest BCUT2D eigenvalue weighted by atomic mass is 35.5. The van der Waals surface area contributed by atoms with Gasteiger partial charge in [0.2, 0.25) is 35.5 Å². The number of thioether (sulfide) groups is 1. The normalized spacial score (nSPS) is 16.0. The molecule has 1 aromatic heterocycles. The summed E-state index contributed by atoms with van der Waals surface area (Å²) in [4.78, 5) is 81.5. The molecule has 20 nitrogen and oxygen atoms in total. The minimum absolute atomic E-state index is 0.0477. The fourth-order valence-electron chi connectivity index (χ4n) is 7.00. The Labute approximate surface area is 398 Å². The van der Waals surface area contributed by atoms with Crippen LogP contribution >= 0.6 is 23.4 Å². The lowest BCUT2D eigenvalue weighted by Crippen LogP contribution is -2.36. The van der Waals surface area contributed by atoms with Gasteiger partial charge in [-0.05, 0) is 68.5 Å². The van der Waals surface area contributed by atoms with Gasteiger partial charge in [0, 0.05) is 73.5 Å². The van der Waals surface area contributed by atoms with Crippen LogP contribution in [0.2, 0.25) is 5.02 Å². The van der Waals surface area contributed by atoms with E-state index in [1.165, 1.54) is 18.3 Å². The lowest BCUT2D eigenvalue weighted by molar-refractivity contribution is -0.122. The highest BCUT2D eigenvalue weighted by molar-refractivity contribution is 8.00. The van der Waals surface area contributed by atoms with Gasteiger partial charge in [0.25, 0.3) is 0 Å². The number of amides is 7. The molecule has 0 aliphatic carbocycles. The summed E-state index contributed by atoms with van der Waals surface area (Å²) in [7, 11) is 0. The Kier molecular flexibility index (Phi) is 21.9. The van der Waals surface area contributed by atoms with Gasteiger partial charge in [0.1, 0.15) is 5.02 Å². The van der Waals surface area contributed by atoms with Crippen LogP contribution in [0.3, 0.4) is 0 Å². The molecular formula is C45H60ClN11O9S. The maximum absolute atomic E-state index is 12.8. The summed E-state index contributed by atoms with van der Waals surface area (Å²) in [5, 5.41) is 23.8. The number of nitrogens with zero attached hydrogens (tertiary/aromatic N) is 2. The topological polar surface area (TPSA) is 278 Å². The molecule has 2 aromatic carbocycles. The van der Waals surface area contributed by atoms with E-state index in [4.69, 9.17) is 31.5 Å². The third-order valence-corrected chi connectivity index (χ3v) is 12.1. The number of carbonyl (C=O) groups is 6. The zero-order valence-corrected chi connectivity index (χ0v) is 38.9. The molecule has 67 heavy (non-hydrogen) atoms. The van der Waals surface area contributed by atoms with Gasteiger partial charge in [0.15, 0.2) is 5.82 Å². The molecule has 2 saturated heterocycles. The first kappa shape index (κ1) is 52.0. The van der Waals surface area contributed by atoms with Crippen LogP contribution in [0.1, 0.15) is 68.1 Å². The van der Waals surface area contributed by atoms with Gasteiger partial charge in [-0.2, -0.15) is 16.7 Å². The van der Waals surface area contributed by atoms with Crippen molar-refractivity contribution in [1.29, 1.82) is 0 Å². The molecule has 0 saturated carbocycles. The first-order chi connectivity index (χ1) is 32.5. The van der Waals surface area contributed by atoms with Crippen molar-refractivity contribution < 1.29 is 43.0 Å². The van der Waals surface area contributed by atoms with Crippen LogP contribution in [0.25, 0.3) is 0 Å². The average Bonchev–Trinajstić information content (AvgIpc) is 3.86. The second-order valence-electron chi connectivity index (χ2n) is 15.6. The Morgan fingerprint density at radius 1 is 0.791 bits per heavy atom. The van der Waals surface area contributed by atoms with Crippen LogP contribution in [-0.2, 0) is 33.4 Å². The zero-order chi connectivity index (χ0) is 47.8. The minimum Gasteiger partial charge on any atom is -0.379 e. The fraction of sp³-hybridized carbons (Fsp3) is 0.467. The number of fused-ring (bicyclic) bond motifs is 1. The van der Waals surface area contributed by atoms with Crippen molar-refractivity contribution in [2.45, 2.75) is 75.1 Å². The third kappa shape index (κ3) is 18.7. The fourth-order valence-corrected chi connectivity index (χ4v) is 8.68. The summed E-state index contributed by atoms with van der Waals surface area (Å²) in [5.41, 5.74) is 7.30. The molecule has 362 valence electrons. The number of benzene rings is 2. The number of rotatable bonds is 31. The van der Waals surface area contributed by atoms with E-state index in [0.29, 0.717) is 101 Å². The quantitative estimate of drug-likeness (QED) is 0.0240. The highest BCUT2D eigenvalue weighted by Crippen LogP contribution is 2.33. The monoisotopic (exact) mass is 965 g/mol. The predicted molar refractivity (Wildman–Crippen MR) is 258 cm³/mol. The van der Waals surface area contributed by atoms with Crippen LogP contribution < -0.4 is 48.3 Å². The van der Waals surface area contributed by atoms with Crippen molar-refractivity contribution in [3.8, 4) is 0 Å². The molecule has 0 unspecified atom stereocenters. The van der Waals surface area contributed by atoms with Crippen LogP contribution in [-0.4, -0.2) is 121 Å². The maximum atomic E-state index is 12.8. The molecule has 22 heteroatoms. The van der Waals surface area contributed by atoms with Crippen molar-refractivity contribution in [2.75, 3.05) is 79.8 Å². The number of aromatic nitrogens is 2. The van der Waals surface area contributed by atoms with Crippen LogP contribution in [0.5, 0.6) is 0 Å². The van der Waals surface area contributed by atoms with E-state index < -0.39 is 11.8 Å². The van der Waals surface area contributed by atoms with E-state index >= 15 is 0 Å². The lowest BCUT2D eigenvalue weighted by atomic mass is 10.0. The van der Waals surface area contributed by atoms with E-state index in [2.05, 4.69) is 59.1 Å². The Bertz CT molecular complexity index is 2170. The zero-order valence-electron chi connectivity index (χ0n) is 37.3. The summed E-state index contributed by atoms with van der Waals surface area (Å²) in [6.45, 7) is 7.12. The number of halogens is 1. The van der Waals surface area contributed by atoms with E-state index in [0.717, 1.165) is 31.1 Å². The van der Waals surface area contributed by atoms with Gasteiger partial charge >= 0.3 is 6.03 Å². The second-order valence-corrected chi connectivity index (χ2v) is 17.2. The van der Waals surface area contributed by atoms with Crippen molar-refractivity contribution in [3.05, 3.63) is 71.9 Å². The van der Waals surface area contributed by atoms with Gasteiger partial charge in [-0.15, -0.1) is 0 Å². The van der Waals surface area contributed by atoms with Gasteiger partial charge in [-0.1, -0.05) is 36.7 Å². The van der Waals surface area contributed by atoms with E-state index in [-0.39, 0.29) is 76.7 Å². The molecule has 3 heterocycles. The smallest absolute Gasteiger partial charge is 0.315 e. The van der Waals surface area contributed by atoms with Gasteiger partial charge in [-0.3, -0.25) is 24.0 Å². The SMILES string of the molecule is C=CC(=O)Nc1ccccc1Nc1nc(Nc2cc(NC(=O)CCCC(=O)NCCCOCCOCCOCCCNC(=O)CCCC[C@@H]3SC[C@@H]4NC(=O)N[C@@H]43)cc(C(N)=O)c2)ncc1Cl. The minimum atomic E-state index is -0.725. The van der Waals surface area contributed by atoms with Crippen molar-refractivity contribution in [1.82, 2.24) is 31.2 Å². The Hall–Kier alpha value is -6.00. The second kappa shape index (κ2) is 28.2. The molecule has 0 radical (unpaired) electrons. The number of para-hydroxylation sites is 2. The predicted octanol–water partition coefficient (Wildman–Crippen LogP) is 4.74. The first-order valence-electron chi connectivity index (χ1n) is 22.3. The number of hydrogen-bond donors (Lipinski definition) is 9. The van der Waals surface area contributed by atoms with Gasteiger partial charge < -0.3 is 62.5 Å². The Morgan fingerprint density at radius 3 is 2.12 bits per heavy atom. The number of nitrogens with two attached hydrogens (primary N) is 1. The number of nitrogens with one attached hydrogen (secondary N) is 8. The van der Waals surface area contributed by atoms with Crippen LogP contribution in [0.15, 0.2) is 61.3 Å². The number of primary amides is 1. The van der Waals surface area contributed by atoms with Gasteiger partial charge in [-0.25, -0.2) is 9.78 Å². The Balaban J connectivity index is 0.857. The largest absolute Gasteiger partial charge is 0.379 e. The lowest BCUT2D eigenvalue weighted by Gasteiger charge is -2.16. The number of hydrogen-bond acceptors (Lipinski definition) is 14. The molecule has 10 N–H and O–H groups in total.